The smallest absolute Gasteiger partial charge is 0.287 e. The molecule has 0 spiro atoms. The van der Waals surface area contributed by atoms with Crippen molar-refractivity contribution in [1.29, 1.82) is 0 Å². The Kier molecular flexibility index (Phi) is 4.42. The molecule has 0 saturated heterocycles. The molecule has 7 heteroatoms. The van der Waals surface area contributed by atoms with Crippen LogP contribution in [0.2, 0.25) is 0 Å². The summed E-state index contributed by atoms with van der Waals surface area (Å²) in [6.07, 6.45) is 2.62. The van der Waals surface area contributed by atoms with Crippen LogP contribution < -0.4 is 9.47 Å². The highest BCUT2D eigenvalue weighted by Crippen LogP contribution is 2.37. The zero-order chi connectivity index (χ0) is 18.8. The van der Waals surface area contributed by atoms with E-state index in [4.69, 9.17) is 9.47 Å². The van der Waals surface area contributed by atoms with Crippen molar-refractivity contribution in [3.05, 3.63) is 87.9 Å². The average Bonchev–Trinajstić information content (AvgIpc) is 2.68. The fourth-order valence-electron chi connectivity index (χ4n) is 3.00. The quantitative estimate of drug-likeness (QED) is 0.480. The molecule has 0 fully saturated rings. The highest BCUT2D eigenvalue weighted by molar-refractivity contribution is 5.43. The molecule has 1 atom stereocenters. The third-order valence-corrected chi connectivity index (χ3v) is 4.37. The van der Waals surface area contributed by atoms with Gasteiger partial charge in [-0.2, -0.15) is 0 Å². The SMILES string of the molecule is O=[N+]([O-])c1ccc(Oc2ccc3c(c2)CCC(c2ccc(F)cc2)O3)nc1. The summed E-state index contributed by atoms with van der Waals surface area (Å²) in [6.45, 7) is 0. The van der Waals surface area contributed by atoms with Crippen molar-refractivity contribution in [2.75, 3.05) is 0 Å². The van der Waals surface area contributed by atoms with E-state index < -0.39 is 4.92 Å². The van der Waals surface area contributed by atoms with Gasteiger partial charge in [-0.05, 0) is 54.3 Å². The van der Waals surface area contributed by atoms with Gasteiger partial charge in [-0.15, -0.1) is 0 Å². The van der Waals surface area contributed by atoms with Gasteiger partial charge in [-0.3, -0.25) is 10.1 Å². The number of rotatable bonds is 4. The number of nitro groups is 1. The molecular formula is C20H15FN2O4. The van der Waals surface area contributed by atoms with Crippen LogP contribution in [0.3, 0.4) is 0 Å². The van der Waals surface area contributed by atoms with E-state index in [1.165, 1.54) is 24.3 Å². The minimum Gasteiger partial charge on any atom is -0.485 e. The summed E-state index contributed by atoms with van der Waals surface area (Å²) < 4.78 is 24.8. The summed E-state index contributed by atoms with van der Waals surface area (Å²) in [4.78, 5) is 14.1. The Morgan fingerprint density at radius 1 is 1.15 bits per heavy atom. The van der Waals surface area contributed by atoms with E-state index in [-0.39, 0.29) is 23.5 Å². The normalized spacial score (nSPS) is 15.5. The number of hydrogen-bond donors (Lipinski definition) is 0. The Hall–Kier alpha value is -3.48. The fourth-order valence-corrected chi connectivity index (χ4v) is 3.00. The maximum atomic E-state index is 13.1. The molecule has 1 aromatic heterocycles. The molecule has 3 aromatic rings. The van der Waals surface area contributed by atoms with E-state index in [2.05, 4.69) is 4.98 Å². The number of fused-ring (bicyclic) bond motifs is 1. The summed E-state index contributed by atoms with van der Waals surface area (Å²) in [5.41, 5.74) is 1.86. The Morgan fingerprint density at radius 3 is 2.67 bits per heavy atom. The average molecular weight is 366 g/mol. The van der Waals surface area contributed by atoms with Crippen LogP contribution >= 0.6 is 0 Å². The van der Waals surface area contributed by atoms with Crippen LogP contribution in [0.5, 0.6) is 17.4 Å². The Balaban J connectivity index is 1.48. The molecule has 136 valence electrons. The maximum absolute atomic E-state index is 13.1. The van der Waals surface area contributed by atoms with Crippen LogP contribution in [0.1, 0.15) is 23.7 Å². The van der Waals surface area contributed by atoms with Crippen molar-refractivity contribution in [1.82, 2.24) is 4.98 Å². The molecule has 1 unspecified atom stereocenters. The topological polar surface area (TPSA) is 74.5 Å². The van der Waals surface area contributed by atoms with Gasteiger partial charge in [0.05, 0.1) is 4.92 Å². The summed E-state index contributed by atoms with van der Waals surface area (Å²) in [7, 11) is 0. The Bertz CT molecular complexity index is 974. The number of benzene rings is 2. The number of aryl methyl sites for hydroxylation is 1. The molecule has 27 heavy (non-hydrogen) atoms. The number of hydrogen-bond acceptors (Lipinski definition) is 5. The lowest BCUT2D eigenvalue weighted by atomic mass is 9.97. The first-order chi connectivity index (χ1) is 13.1. The lowest BCUT2D eigenvalue weighted by Crippen LogP contribution is -2.15. The van der Waals surface area contributed by atoms with Gasteiger partial charge in [0.25, 0.3) is 5.69 Å². The number of aromatic nitrogens is 1. The molecule has 0 amide bonds. The van der Waals surface area contributed by atoms with Gasteiger partial charge in [0.15, 0.2) is 0 Å². The monoisotopic (exact) mass is 366 g/mol. The minimum absolute atomic E-state index is 0.0898. The molecule has 6 nitrogen and oxygen atoms in total. The predicted molar refractivity (Wildman–Crippen MR) is 95.5 cm³/mol. The Morgan fingerprint density at radius 2 is 1.96 bits per heavy atom. The summed E-state index contributed by atoms with van der Waals surface area (Å²) in [5, 5.41) is 10.7. The van der Waals surface area contributed by atoms with Gasteiger partial charge in [0, 0.05) is 12.1 Å². The number of pyridine rings is 1. The summed E-state index contributed by atoms with van der Waals surface area (Å²) >= 11 is 0. The number of halogens is 1. The highest BCUT2D eigenvalue weighted by atomic mass is 19.1. The highest BCUT2D eigenvalue weighted by Gasteiger charge is 2.22. The van der Waals surface area contributed by atoms with E-state index in [0.29, 0.717) is 5.75 Å². The van der Waals surface area contributed by atoms with Crippen molar-refractivity contribution in [3.8, 4) is 17.4 Å². The van der Waals surface area contributed by atoms with Crippen LogP contribution in [0.15, 0.2) is 60.8 Å². The van der Waals surface area contributed by atoms with Crippen molar-refractivity contribution in [2.24, 2.45) is 0 Å². The molecule has 1 aliphatic heterocycles. The molecular weight excluding hydrogens is 351 g/mol. The molecule has 4 rings (SSSR count). The molecule has 0 radical (unpaired) electrons. The van der Waals surface area contributed by atoms with Crippen molar-refractivity contribution in [3.63, 3.8) is 0 Å². The van der Waals surface area contributed by atoms with Crippen LogP contribution in [0.25, 0.3) is 0 Å². The molecule has 1 aliphatic rings. The summed E-state index contributed by atoms with van der Waals surface area (Å²) in [6, 6.07) is 14.6. The largest absolute Gasteiger partial charge is 0.485 e. The van der Waals surface area contributed by atoms with Gasteiger partial charge in [-0.25, -0.2) is 9.37 Å². The second-order valence-electron chi connectivity index (χ2n) is 6.18. The molecule has 0 saturated carbocycles. The van der Waals surface area contributed by atoms with Crippen LogP contribution in [0.4, 0.5) is 10.1 Å². The van der Waals surface area contributed by atoms with Gasteiger partial charge < -0.3 is 9.47 Å². The van der Waals surface area contributed by atoms with Gasteiger partial charge >= 0.3 is 0 Å². The number of ether oxygens (including phenoxy) is 2. The molecule has 0 aliphatic carbocycles. The number of nitrogens with zero attached hydrogens (tertiary/aromatic N) is 2. The first kappa shape index (κ1) is 17.0. The second-order valence-corrected chi connectivity index (χ2v) is 6.18. The zero-order valence-electron chi connectivity index (χ0n) is 14.2. The van der Waals surface area contributed by atoms with Crippen molar-refractivity contribution in [2.45, 2.75) is 18.9 Å². The van der Waals surface area contributed by atoms with Crippen molar-refractivity contribution >= 4 is 5.69 Å². The maximum Gasteiger partial charge on any atom is 0.287 e. The van der Waals surface area contributed by atoms with E-state index in [0.717, 1.165) is 35.9 Å². The van der Waals surface area contributed by atoms with E-state index >= 15 is 0 Å². The third-order valence-electron chi connectivity index (χ3n) is 4.37. The second kappa shape index (κ2) is 7.03. The van der Waals surface area contributed by atoms with Gasteiger partial charge in [0.1, 0.15) is 29.6 Å². The summed E-state index contributed by atoms with van der Waals surface area (Å²) in [5.74, 6) is 1.36. The van der Waals surface area contributed by atoms with E-state index in [1.807, 2.05) is 12.1 Å². The first-order valence-corrected chi connectivity index (χ1v) is 8.42. The zero-order valence-corrected chi connectivity index (χ0v) is 14.2. The minimum atomic E-state index is -0.509. The van der Waals surface area contributed by atoms with Crippen molar-refractivity contribution < 1.29 is 18.8 Å². The van der Waals surface area contributed by atoms with Gasteiger partial charge in [0.2, 0.25) is 5.88 Å². The predicted octanol–water partition coefficient (Wildman–Crippen LogP) is 4.99. The third kappa shape index (κ3) is 3.72. The standard InChI is InChI=1S/C20H15FN2O4/c21-15-4-1-13(2-5-15)18-8-3-14-11-17(7-9-19(14)27-18)26-20-10-6-16(12-22-20)23(24)25/h1-2,4-7,9-12,18H,3,8H2. The fraction of sp³-hybridized carbons (Fsp3) is 0.150. The van der Waals surface area contributed by atoms with Crippen LogP contribution in [-0.2, 0) is 6.42 Å². The Labute approximate surface area is 154 Å². The van der Waals surface area contributed by atoms with Gasteiger partial charge in [-0.1, -0.05) is 12.1 Å². The molecule has 0 bridgehead atoms. The lowest BCUT2D eigenvalue weighted by Gasteiger charge is -2.26. The lowest BCUT2D eigenvalue weighted by molar-refractivity contribution is -0.385. The van der Waals surface area contributed by atoms with E-state index in [1.54, 1.807) is 18.2 Å². The molecule has 2 aromatic carbocycles. The first-order valence-electron chi connectivity index (χ1n) is 8.42. The molecule has 2 heterocycles. The van der Waals surface area contributed by atoms with Crippen LogP contribution in [-0.4, -0.2) is 9.91 Å². The molecule has 0 N–H and O–H groups in total. The van der Waals surface area contributed by atoms with E-state index in [9.17, 15) is 14.5 Å². The van der Waals surface area contributed by atoms with Crippen LogP contribution in [0, 0.1) is 15.9 Å².